The van der Waals surface area contributed by atoms with Gasteiger partial charge >= 0.3 is 0 Å². The van der Waals surface area contributed by atoms with Gasteiger partial charge in [0, 0.05) is 26.6 Å². The molecule has 0 aliphatic carbocycles. The average molecular weight is 538 g/mol. The lowest BCUT2D eigenvalue weighted by atomic mass is 10.0. The summed E-state index contributed by atoms with van der Waals surface area (Å²) in [5, 5.41) is 2.99. The number of hydrogen-bond acceptors (Lipinski definition) is 5. The first-order valence-corrected chi connectivity index (χ1v) is 14.2. The molecule has 0 bridgehead atoms. The Morgan fingerprint density at radius 2 is 1.45 bits per heavy atom. The first kappa shape index (κ1) is 28.9. The van der Waals surface area contributed by atoms with Crippen LogP contribution in [0.15, 0.2) is 84.9 Å². The van der Waals surface area contributed by atoms with Crippen molar-refractivity contribution in [2.75, 3.05) is 33.5 Å². The lowest BCUT2D eigenvalue weighted by molar-refractivity contribution is -0.141. The van der Waals surface area contributed by atoms with Crippen molar-refractivity contribution in [3.63, 3.8) is 0 Å². The molecule has 0 saturated heterocycles. The summed E-state index contributed by atoms with van der Waals surface area (Å²) in [5.74, 6) is -0.0931. The fraction of sp³-hybridized carbons (Fsp3) is 0.310. The van der Waals surface area contributed by atoms with Gasteiger partial charge in [-0.05, 0) is 35.2 Å². The Kier molecular flexibility index (Phi) is 10.4. The number of methoxy groups -OCH3 is 1. The minimum Gasteiger partial charge on any atom is -0.497 e. The van der Waals surface area contributed by atoms with Gasteiger partial charge in [-0.2, -0.15) is 4.31 Å². The second-order valence-electron chi connectivity index (χ2n) is 9.12. The van der Waals surface area contributed by atoms with Gasteiger partial charge < -0.3 is 15.0 Å². The first-order valence-electron chi connectivity index (χ1n) is 12.4. The van der Waals surface area contributed by atoms with Crippen molar-refractivity contribution >= 4 is 21.8 Å². The van der Waals surface area contributed by atoms with Gasteiger partial charge in [0.2, 0.25) is 21.8 Å². The van der Waals surface area contributed by atoms with Gasteiger partial charge in [-0.1, -0.05) is 72.8 Å². The van der Waals surface area contributed by atoms with E-state index in [2.05, 4.69) is 5.32 Å². The molecule has 9 heteroatoms. The van der Waals surface area contributed by atoms with Crippen LogP contribution in [-0.4, -0.2) is 69.0 Å². The Bertz CT molecular complexity index is 1280. The van der Waals surface area contributed by atoms with E-state index in [9.17, 15) is 18.0 Å². The molecule has 3 aromatic carbocycles. The van der Waals surface area contributed by atoms with E-state index >= 15 is 0 Å². The lowest BCUT2D eigenvalue weighted by Crippen LogP contribution is -2.53. The molecule has 3 rings (SSSR count). The van der Waals surface area contributed by atoms with Crippen LogP contribution >= 0.6 is 0 Å². The SMILES string of the molecule is COc1ccc(CN(C(=O)CN(C)S(C)(=O)=O)[C@@H](Cc2ccccc2)C(=O)NCCc2ccccc2)cc1. The zero-order valence-electron chi connectivity index (χ0n) is 22.0. The summed E-state index contributed by atoms with van der Waals surface area (Å²) in [4.78, 5) is 28.6. The van der Waals surface area contributed by atoms with E-state index in [1.165, 1.54) is 11.9 Å². The largest absolute Gasteiger partial charge is 0.497 e. The average Bonchev–Trinajstić information content (AvgIpc) is 2.91. The normalized spacial score (nSPS) is 12.1. The van der Waals surface area contributed by atoms with Crippen LogP contribution in [-0.2, 0) is 39.0 Å². The summed E-state index contributed by atoms with van der Waals surface area (Å²) in [5.41, 5.74) is 2.77. The molecule has 0 aliphatic rings. The van der Waals surface area contributed by atoms with Gasteiger partial charge in [0.25, 0.3) is 0 Å². The Morgan fingerprint density at radius 1 is 0.868 bits per heavy atom. The first-order chi connectivity index (χ1) is 18.2. The van der Waals surface area contributed by atoms with Crippen LogP contribution in [0, 0.1) is 0 Å². The number of amides is 2. The highest BCUT2D eigenvalue weighted by Gasteiger charge is 2.31. The highest BCUT2D eigenvalue weighted by Crippen LogP contribution is 2.18. The highest BCUT2D eigenvalue weighted by atomic mass is 32.2. The van der Waals surface area contributed by atoms with E-state index in [4.69, 9.17) is 4.74 Å². The van der Waals surface area contributed by atoms with Crippen LogP contribution < -0.4 is 10.1 Å². The molecule has 0 unspecified atom stereocenters. The molecule has 38 heavy (non-hydrogen) atoms. The molecule has 1 atom stereocenters. The third kappa shape index (κ3) is 8.71. The number of carbonyl (C=O) groups is 2. The topological polar surface area (TPSA) is 96.0 Å². The van der Waals surface area contributed by atoms with E-state index in [1.807, 2.05) is 72.8 Å². The summed E-state index contributed by atoms with van der Waals surface area (Å²) >= 11 is 0. The van der Waals surface area contributed by atoms with Crippen molar-refractivity contribution in [3.05, 3.63) is 102 Å². The van der Waals surface area contributed by atoms with E-state index in [-0.39, 0.29) is 25.4 Å². The maximum atomic E-state index is 13.6. The zero-order chi connectivity index (χ0) is 27.5. The van der Waals surface area contributed by atoms with Gasteiger partial charge in [-0.15, -0.1) is 0 Å². The Hall–Kier alpha value is -3.69. The molecule has 3 aromatic rings. The number of sulfonamides is 1. The number of ether oxygens (including phenoxy) is 1. The van der Waals surface area contributed by atoms with Crippen molar-refractivity contribution in [2.45, 2.75) is 25.4 Å². The highest BCUT2D eigenvalue weighted by molar-refractivity contribution is 7.88. The number of benzene rings is 3. The Balaban J connectivity index is 1.90. The van der Waals surface area contributed by atoms with Crippen LogP contribution in [0.4, 0.5) is 0 Å². The number of hydrogen-bond donors (Lipinski definition) is 1. The van der Waals surface area contributed by atoms with Crippen molar-refractivity contribution in [3.8, 4) is 5.75 Å². The molecule has 0 radical (unpaired) electrons. The molecular formula is C29H35N3O5S. The zero-order valence-corrected chi connectivity index (χ0v) is 22.9. The molecule has 8 nitrogen and oxygen atoms in total. The van der Waals surface area contributed by atoms with Crippen LogP contribution in [0.5, 0.6) is 5.75 Å². The van der Waals surface area contributed by atoms with Crippen LogP contribution in [0.1, 0.15) is 16.7 Å². The molecule has 0 saturated carbocycles. The molecule has 1 N–H and O–H groups in total. The molecule has 0 spiro atoms. The van der Waals surface area contributed by atoms with Gasteiger partial charge in [0.1, 0.15) is 11.8 Å². The number of rotatable bonds is 13. The third-order valence-corrected chi connectivity index (χ3v) is 7.52. The predicted octanol–water partition coefficient (Wildman–Crippen LogP) is 2.89. The number of nitrogens with one attached hydrogen (secondary N) is 1. The van der Waals surface area contributed by atoms with Gasteiger partial charge in [-0.25, -0.2) is 8.42 Å². The van der Waals surface area contributed by atoms with Crippen LogP contribution in [0.25, 0.3) is 0 Å². The molecule has 0 aromatic heterocycles. The van der Waals surface area contributed by atoms with Gasteiger partial charge in [-0.3, -0.25) is 9.59 Å². The molecule has 202 valence electrons. The van der Waals surface area contributed by atoms with Gasteiger partial charge in [0.15, 0.2) is 0 Å². The third-order valence-electron chi connectivity index (χ3n) is 6.26. The predicted molar refractivity (Wildman–Crippen MR) is 148 cm³/mol. The smallest absolute Gasteiger partial charge is 0.243 e. The number of nitrogens with zero attached hydrogens (tertiary/aromatic N) is 2. The van der Waals surface area contributed by atoms with E-state index in [0.717, 1.165) is 27.3 Å². The maximum absolute atomic E-state index is 13.6. The fourth-order valence-electron chi connectivity index (χ4n) is 3.97. The van der Waals surface area contributed by atoms with Crippen molar-refractivity contribution < 1.29 is 22.7 Å². The summed E-state index contributed by atoms with van der Waals surface area (Å²) in [6.45, 7) is 0.156. The molecule has 0 aliphatic heterocycles. The van der Waals surface area contributed by atoms with Gasteiger partial charge in [0.05, 0.1) is 19.9 Å². The molecular weight excluding hydrogens is 502 g/mol. The fourth-order valence-corrected chi connectivity index (χ4v) is 4.32. The van der Waals surface area contributed by atoms with Crippen molar-refractivity contribution in [1.82, 2.24) is 14.5 Å². The van der Waals surface area contributed by atoms with Crippen LogP contribution in [0.2, 0.25) is 0 Å². The molecule has 0 heterocycles. The Morgan fingerprint density at radius 3 is 2.00 bits per heavy atom. The summed E-state index contributed by atoms with van der Waals surface area (Å²) in [7, 11) is -0.671. The lowest BCUT2D eigenvalue weighted by Gasteiger charge is -2.32. The minimum atomic E-state index is -3.59. The summed E-state index contributed by atoms with van der Waals surface area (Å²) in [6, 6.07) is 25.7. The number of likely N-dealkylation sites (N-methyl/N-ethyl adjacent to an activating group) is 1. The molecule has 0 fully saturated rings. The van der Waals surface area contributed by atoms with E-state index in [0.29, 0.717) is 18.7 Å². The summed E-state index contributed by atoms with van der Waals surface area (Å²) < 4.78 is 30.3. The standard InChI is InChI=1S/C29H35N3O5S/c1-31(38(3,35)36)22-28(33)32(21-25-14-16-26(37-2)17-15-25)27(20-24-12-8-5-9-13-24)29(34)30-19-18-23-10-6-4-7-11-23/h4-17,27H,18-22H2,1-3H3,(H,30,34)/t27-/m0/s1. The van der Waals surface area contributed by atoms with E-state index in [1.54, 1.807) is 19.2 Å². The van der Waals surface area contributed by atoms with Crippen molar-refractivity contribution in [2.24, 2.45) is 0 Å². The minimum absolute atomic E-state index is 0.129. The quantitative estimate of drug-likeness (QED) is 0.362. The monoisotopic (exact) mass is 537 g/mol. The second kappa shape index (κ2) is 13.7. The van der Waals surface area contributed by atoms with Crippen LogP contribution in [0.3, 0.4) is 0 Å². The van der Waals surface area contributed by atoms with Crippen molar-refractivity contribution in [1.29, 1.82) is 0 Å². The maximum Gasteiger partial charge on any atom is 0.243 e. The van der Waals surface area contributed by atoms with E-state index < -0.39 is 22.0 Å². The second-order valence-corrected chi connectivity index (χ2v) is 11.2. The molecule has 2 amide bonds. The Labute approximate surface area is 225 Å². The summed E-state index contributed by atoms with van der Waals surface area (Å²) in [6.07, 6.45) is 1.97. The number of carbonyl (C=O) groups excluding carboxylic acids is 2.